The van der Waals surface area contributed by atoms with Gasteiger partial charge in [-0.15, -0.1) is 0 Å². The molecule has 0 heterocycles. The molecule has 1 N–H and O–H groups in total. The average molecular weight is 354 g/mol. The van der Waals surface area contributed by atoms with Crippen molar-refractivity contribution < 1.29 is 9.90 Å². The lowest BCUT2D eigenvalue weighted by molar-refractivity contribution is -0.119. The van der Waals surface area contributed by atoms with Gasteiger partial charge in [0.15, 0.2) is 11.5 Å². The number of carbonyl (C=O) groups is 1. The van der Waals surface area contributed by atoms with Crippen LogP contribution in [0.5, 0.6) is 0 Å². The van der Waals surface area contributed by atoms with Gasteiger partial charge in [-0.3, -0.25) is 4.79 Å². The summed E-state index contributed by atoms with van der Waals surface area (Å²) in [6.45, 7) is 14.4. The fourth-order valence-electron chi connectivity index (χ4n) is 7.61. The molecule has 3 nitrogen and oxygen atoms in total. The molecule has 6 atom stereocenters. The van der Waals surface area contributed by atoms with Gasteiger partial charge in [0.1, 0.15) is 0 Å². The van der Waals surface area contributed by atoms with Crippen molar-refractivity contribution in [3.63, 3.8) is 0 Å². The minimum absolute atomic E-state index is 0.0747. The molecule has 4 rings (SSSR count). The summed E-state index contributed by atoms with van der Waals surface area (Å²) in [7, 11) is 0. The summed E-state index contributed by atoms with van der Waals surface area (Å²) in [5.41, 5.74) is 3.75. The number of rotatable bonds is 1. The van der Waals surface area contributed by atoms with Crippen molar-refractivity contribution in [1.82, 2.24) is 0 Å². The van der Waals surface area contributed by atoms with Gasteiger partial charge < -0.3 is 5.11 Å². The van der Waals surface area contributed by atoms with E-state index in [0.717, 1.165) is 37.8 Å². The quantitative estimate of drug-likeness (QED) is 0.679. The van der Waals surface area contributed by atoms with Gasteiger partial charge in [0, 0.05) is 13.0 Å². The monoisotopic (exact) mass is 353 g/mol. The number of hydrogen-bond acceptors (Lipinski definition) is 2. The Morgan fingerprint density at radius 1 is 1.27 bits per heavy atom. The number of fused-ring (bicyclic) bond motifs is 5. The maximum absolute atomic E-state index is 12.0. The van der Waals surface area contributed by atoms with Gasteiger partial charge in [-0.25, -0.2) is 4.85 Å². The second-order valence-electron chi connectivity index (χ2n) is 9.67. The molecule has 0 amide bonds. The van der Waals surface area contributed by atoms with E-state index in [1.165, 1.54) is 17.6 Å². The van der Waals surface area contributed by atoms with Crippen LogP contribution in [0.25, 0.3) is 4.85 Å². The van der Waals surface area contributed by atoms with Crippen LogP contribution in [-0.4, -0.2) is 17.5 Å². The van der Waals surface area contributed by atoms with Crippen molar-refractivity contribution in [2.75, 3.05) is 6.61 Å². The van der Waals surface area contributed by atoms with Crippen LogP contribution in [-0.2, 0) is 4.79 Å². The first-order chi connectivity index (χ1) is 12.3. The van der Waals surface area contributed by atoms with Crippen LogP contribution in [0.2, 0.25) is 0 Å². The van der Waals surface area contributed by atoms with Crippen molar-refractivity contribution in [3.8, 4) is 0 Å². The Balaban J connectivity index is 1.78. The highest BCUT2D eigenvalue weighted by Crippen LogP contribution is 2.68. The third kappa shape index (κ3) is 2.31. The molecule has 4 aliphatic rings. The SMILES string of the molecule is [C-]#[N+]/C(C)=C1/CC[C@H]2[C@@H]3CCC4=CC(=O)CC[C@]4(C)[C@H]3[C@@H](CO)C[C@]12C. The predicted octanol–water partition coefficient (Wildman–Crippen LogP) is 4.93. The second kappa shape index (κ2) is 6.06. The summed E-state index contributed by atoms with van der Waals surface area (Å²) in [6, 6.07) is 0. The number of carbonyl (C=O) groups excluding carboxylic acids is 1. The molecular weight excluding hydrogens is 322 g/mol. The van der Waals surface area contributed by atoms with E-state index >= 15 is 0 Å². The summed E-state index contributed by atoms with van der Waals surface area (Å²) in [5, 5.41) is 10.3. The molecule has 4 aliphatic carbocycles. The third-order valence-electron chi connectivity index (χ3n) is 8.67. The Morgan fingerprint density at radius 3 is 2.73 bits per heavy atom. The number of nitrogens with zero attached hydrogens (tertiary/aromatic N) is 1. The standard InChI is InChI=1S/C23H31NO2/c1-14(24-4)19-7-8-20-18-6-5-16-11-17(26)9-10-22(16,2)21(18)15(13-25)12-23(19,20)3/h11,15,18,20-21,25H,5-10,12-13H2,1-3H3/b19-14-/t15-,18+,20+,21+,22+,23-/m1/s1. The summed E-state index contributed by atoms with van der Waals surface area (Å²) >= 11 is 0. The van der Waals surface area contributed by atoms with Gasteiger partial charge >= 0.3 is 0 Å². The summed E-state index contributed by atoms with van der Waals surface area (Å²) in [4.78, 5) is 15.8. The zero-order valence-electron chi connectivity index (χ0n) is 16.3. The van der Waals surface area contributed by atoms with Crippen LogP contribution in [0.4, 0.5) is 0 Å². The molecule has 0 radical (unpaired) electrons. The third-order valence-corrected chi connectivity index (χ3v) is 8.67. The van der Waals surface area contributed by atoms with Crippen LogP contribution in [0.3, 0.4) is 0 Å². The highest BCUT2D eigenvalue weighted by Gasteiger charge is 2.60. The van der Waals surface area contributed by atoms with E-state index in [4.69, 9.17) is 6.57 Å². The fraction of sp³-hybridized carbons (Fsp3) is 0.739. The van der Waals surface area contributed by atoms with E-state index in [9.17, 15) is 9.90 Å². The predicted molar refractivity (Wildman–Crippen MR) is 102 cm³/mol. The van der Waals surface area contributed by atoms with Crippen molar-refractivity contribution in [3.05, 3.63) is 34.3 Å². The van der Waals surface area contributed by atoms with E-state index in [2.05, 4.69) is 18.7 Å². The minimum atomic E-state index is 0.0747. The van der Waals surface area contributed by atoms with E-state index in [-0.39, 0.29) is 29.1 Å². The Hall–Kier alpha value is -1.40. The first-order valence-corrected chi connectivity index (χ1v) is 10.3. The van der Waals surface area contributed by atoms with Crippen molar-refractivity contribution >= 4 is 5.78 Å². The molecule has 140 valence electrons. The summed E-state index contributed by atoms with van der Waals surface area (Å²) in [5.74, 6) is 2.27. The minimum Gasteiger partial charge on any atom is -0.396 e. The number of hydrogen-bond donors (Lipinski definition) is 1. The van der Waals surface area contributed by atoms with Gasteiger partial charge in [0.25, 0.3) is 0 Å². The van der Waals surface area contributed by atoms with E-state index < -0.39 is 0 Å². The highest BCUT2D eigenvalue weighted by atomic mass is 16.3. The van der Waals surface area contributed by atoms with Crippen LogP contribution in [0, 0.1) is 41.1 Å². The van der Waals surface area contributed by atoms with Gasteiger partial charge in [-0.1, -0.05) is 25.0 Å². The van der Waals surface area contributed by atoms with Crippen LogP contribution < -0.4 is 0 Å². The Morgan fingerprint density at radius 2 is 2.04 bits per heavy atom. The summed E-state index contributed by atoms with van der Waals surface area (Å²) < 4.78 is 0. The lowest BCUT2D eigenvalue weighted by Gasteiger charge is -2.60. The maximum Gasteiger partial charge on any atom is 0.162 e. The molecule has 0 aromatic heterocycles. The Bertz CT molecular complexity index is 742. The number of aliphatic hydroxyl groups is 1. The molecule has 3 saturated carbocycles. The van der Waals surface area contributed by atoms with Gasteiger partial charge in [0.05, 0.1) is 6.57 Å². The van der Waals surface area contributed by atoms with Crippen molar-refractivity contribution in [1.29, 1.82) is 0 Å². The van der Waals surface area contributed by atoms with Gasteiger partial charge in [-0.05, 0) is 86.0 Å². The first-order valence-electron chi connectivity index (χ1n) is 10.3. The van der Waals surface area contributed by atoms with Crippen LogP contribution in [0.1, 0.15) is 65.7 Å². The normalized spacial score (nSPS) is 46.6. The van der Waals surface area contributed by atoms with E-state index in [1.807, 2.05) is 13.0 Å². The molecule has 3 fully saturated rings. The van der Waals surface area contributed by atoms with E-state index in [1.54, 1.807) is 0 Å². The van der Waals surface area contributed by atoms with Crippen LogP contribution in [0.15, 0.2) is 22.9 Å². The molecule has 0 aliphatic heterocycles. The molecule has 0 saturated heterocycles. The molecule has 0 bridgehead atoms. The molecule has 0 unspecified atom stereocenters. The Labute approximate surface area is 157 Å². The smallest absolute Gasteiger partial charge is 0.162 e. The Kier molecular flexibility index (Phi) is 4.19. The first kappa shape index (κ1) is 18.0. The lowest BCUT2D eigenvalue weighted by atomic mass is 9.44. The highest BCUT2D eigenvalue weighted by molar-refractivity contribution is 5.91. The molecule has 0 aromatic rings. The maximum atomic E-state index is 12.0. The summed E-state index contributed by atoms with van der Waals surface area (Å²) in [6.07, 6.45) is 8.95. The zero-order chi connectivity index (χ0) is 18.7. The van der Waals surface area contributed by atoms with Gasteiger partial charge in [-0.2, -0.15) is 0 Å². The van der Waals surface area contributed by atoms with Crippen molar-refractivity contribution in [2.24, 2.45) is 34.5 Å². The second-order valence-corrected chi connectivity index (χ2v) is 9.67. The van der Waals surface area contributed by atoms with Crippen molar-refractivity contribution in [2.45, 2.75) is 65.7 Å². The van der Waals surface area contributed by atoms with Gasteiger partial charge in [0.2, 0.25) is 0 Å². The van der Waals surface area contributed by atoms with E-state index in [0.29, 0.717) is 24.2 Å². The molecule has 0 aromatic carbocycles. The largest absolute Gasteiger partial charge is 0.396 e. The zero-order valence-corrected chi connectivity index (χ0v) is 16.3. The van der Waals surface area contributed by atoms with Crippen LogP contribution >= 0.6 is 0 Å². The number of allylic oxidation sites excluding steroid dienone is 3. The average Bonchev–Trinajstić information content (AvgIpc) is 2.97. The lowest BCUT2D eigenvalue weighted by Crippen LogP contribution is -2.54. The number of aliphatic hydroxyl groups excluding tert-OH is 1. The fourth-order valence-corrected chi connectivity index (χ4v) is 7.61. The molecule has 26 heavy (non-hydrogen) atoms. The molecule has 0 spiro atoms. The molecular formula is C23H31NO2. The molecule has 3 heteroatoms. The topological polar surface area (TPSA) is 41.7 Å². The number of ketones is 1.